The molecule has 0 radical (unpaired) electrons. The summed E-state index contributed by atoms with van der Waals surface area (Å²) >= 11 is 1.22. The number of amides is 1. The number of carbonyl (C=O) groups is 1. The molecule has 0 spiro atoms. The van der Waals surface area contributed by atoms with Crippen LogP contribution in [0.5, 0.6) is 0 Å². The second-order valence-corrected chi connectivity index (χ2v) is 9.94. The molecule has 0 aromatic carbocycles. The van der Waals surface area contributed by atoms with Crippen LogP contribution in [0.15, 0.2) is 16.3 Å². The van der Waals surface area contributed by atoms with Crippen LogP contribution in [-0.2, 0) is 21.2 Å². The van der Waals surface area contributed by atoms with Gasteiger partial charge in [-0.15, -0.1) is 11.3 Å². The molecule has 6 nitrogen and oxygen atoms in total. The van der Waals surface area contributed by atoms with Crippen molar-refractivity contribution in [2.45, 2.75) is 48.8 Å². The van der Waals surface area contributed by atoms with Crippen LogP contribution in [0.4, 0.5) is 0 Å². The molecule has 2 saturated heterocycles. The SMILES string of the molecule is NC1CCCN(C(=O)Cc2ccc(S(=O)(=O)N3CCCCC3)s2)C1. The number of rotatable bonds is 4. The minimum absolute atomic E-state index is 0.0360. The summed E-state index contributed by atoms with van der Waals surface area (Å²) in [6.45, 7) is 2.54. The minimum atomic E-state index is -3.40. The molecule has 134 valence electrons. The third kappa shape index (κ3) is 3.99. The lowest BCUT2D eigenvalue weighted by molar-refractivity contribution is -0.131. The van der Waals surface area contributed by atoms with E-state index in [1.807, 2.05) is 0 Å². The Kier molecular flexibility index (Phi) is 5.59. The van der Waals surface area contributed by atoms with Gasteiger partial charge >= 0.3 is 0 Å². The molecule has 1 amide bonds. The first-order valence-corrected chi connectivity index (χ1v) is 10.8. The van der Waals surface area contributed by atoms with Crippen molar-refractivity contribution in [1.29, 1.82) is 0 Å². The molecule has 2 fully saturated rings. The summed E-state index contributed by atoms with van der Waals surface area (Å²) in [6.07, 6.45) is 5.09. The summed E-state index contributed by atoms with van der Waals surface area (Å²) in [7, 11) is -3.40. The van der Waals surface area contributed by atoms with Crippen molar-refractivity contribution in [3.63, 3.8) is 0 Å². The topological polar surface area (TPSA) is 83.7 Å². The number of piperidine rings is 2. The number of carbonyl (C=O) groups excluding carboxylic acids is 1. The van der Waals surface area contributed by atoms with Gasteiger partial charge in [0.05, 0.1) is 6.42 Å². The van der Waals surface area contributed by atoms with Crippen molar-refractivity contribution in [2.75, 3.05) is 26.2 Å². The summed E-state index contributed by atoms with van der Waals surface area (Å²) in [5, 5.41) is 0. The first-order chi connectivity index (χ1) is 11.5. The average molecular weight is 372 g/mol. The van der Waals surface area contributed by atoms with Gasteiger partial charge in [0.1, 0.15) is 4.21 Å². The number of nitrogens with two attached hydrogens (primary N) is 1. The van der Waals surface area contributed by atoms with Crippen LogP contribution < -0.4 is 5.73 Å². The van der Waals surface area contributed by atoms with Gasteiger partial charge in [-0.25, -0.2) is 8.42 Å². The maximum atomic E-state index is 12.7. The van der Waals surface area contributed by atoms with Crippen molar-refractivity contribution >= 4 is 27.3 Å². The van der Waals surface area contributed by atoms with Crippen LogP contribution in [-0.4, -0.2) is 55.8 Å². The first kappa shape index (κ1) is 17.8. The number of sulfonamides is 1. The van der Waals surface area contributed by atoms with Gasteiger partial charge in [0, 0.05) is 37.1 Å². The zero-order valence-electron chi connectivity index (χ0n) is 13.8. The Bertz CT molecular complexity index is 680. The summed E-state index contributed by atoms with van der Waals surface area (Å²) in [6, 6.07) is 3.46. The Morgan fingerprint density at radius 3 is 2.62 bits per heavy atom. The average Bonchev–Trinajstić information content (AvgIpc) is 3.05. The van der Waals surface area contributed by atoms with Crippen molar-refractivity contribution < 1.29 is 13.2 Å². The fourth-order valence-electron chi connectivity index (χ4n) is 3.32. The summed E-state index contributed by atoms with van der Waals surface area (Å²) in [5.41, 5.74) is 5.92. The van der Waals surface area contributed by atoms with Gasteiger partial charge in [-0.1, -0.05) is 6.42 Å². The Morgan fingerprint density at radius 2 is 1.92 bits per heavy atom. The molecule has 0 bridgehead atoms. The van der Waals surface area contributed by atoms with E-state index in [9.17, 15) is 13.2 Å². The highest BCUT2D eigenvalue weighted by atomic mass is 32.2. The highest BCUT2D eigenvalue weighted by Crippen LogP contribution is 2.27. The Morgan fingerprint density at radius 1 is 1.17 bits per heavy atom. The van der Waals surface area contributed by atoms with Crippen molar-refractivity contribution in [3.05, 3.63) is 17.0 Å². The standard InChI is InChI=1S/C16H25N3O3S2/c17-13-5-4-8-18(12-13)15(20)11-14-6-7-16(23-14)24(21,22)19-9-2-1-3-10-19/h6-7,13H,1-5,8-12,17H2. The largest absolute Gasteiger partial charge is 0.341 e. The predicted octanol–water partition coefficient (Wildman–Crippen LogP) is 1.41. The molecule has 24 heavy (non-hydrogen) atoms. The molecular formula is C16H25N3O3S2. The van der Waals surface area contributed by atoms with E-state index in [0.29, 0.717) is 23.8 Å². The fraction of sp³-hybridized carbons (Fsp3) is 0.688. The van der Waals surface area contributed by atoms with E-state index >= 15 is 0 Å². The highest BCUT2D eigenvalue weighted by molar-refractivity contribution is 7.91. The Hall–Kier alpha value is -0.960. The molecular weight excluding hydrogens is 346 g/mol. The molecule has 3 heterocycles. The monoisotopic (exact) mass is 371 g/mol. The summed E-state index contributed by atoms with van der Waals surface area (Å²) < 4.78 is 27.2. The number of hydrogen-bond acceptors (Lipinski definition) is 5. The lowest BCUT2D eigenvalue weighted by Crippen LogP contribution is -2.46. The van der Waals surface area contributed by atoms with E-state index in [4.69, 9.17) is 5.73 Å². The predicted molar refractivity (Wildman–Crippen MR) is 94.4 cm³/mol. The van der Waals surface area contributed by atoms with Crippen LogP contribution in [0.25, 0.3) is 0 Å². The van der Waals surface area contributed by atoms with Crippen molar-refractivity contribution in [2.24, 2.45) is 5.73 Å². The van der Waals surface area contributed by atoms with E-state index in [1.54, 1.807) is 21.3 Å². The van der Waals surface area contributed by atoms with Gasteiger partial charge in [0.15, 0.2) is 0 Å². The lowest BCUT2D eigenvalue weighted by atomic mass is 10.1. The molecule has 2 aliphatic heterocycles. The lowest BCUT2D eigenvalue weighted by Gasteiger charge is -2.30. The Labute approximate surface area is 147 Å². The number of thiophene rings is 1. The Balaban J connectivity index is 1.65. The van der Waals surface area contributed by atoms with Gasteiger partial charge in [0.25, 0.3) is 10.0 Å². The van der Waals surface area contributed by atoms with Crippen molar-refractivity contribution in [3.8, 4) is 0 Å². The van der Waals surface area contributed by atoms with Crippen LogP contribution in [0.1, 0.15) is 37.0 Å². The second-order valence-electron chi connectivity index (χ2n) is 6.60. The summed E-state index contributed by atoms with van der Waals surface area (Å²) in [5.74, 6) is 0.0360. The van der Waals surface area contributed by atoms with E-state index in [1.165, 1.54) is 11.3 Å². The van der Waals surface area contributed by atoms with Gasteiger partial charge in [0.2, 0.25) is 5.91 Å². The normalized spacial score (nSPS) is 23.4. The molecule has 8 heteroatoms. The molecule has 1 aromatic rings. The van der Waals surface area contributed by atoms with E-state index in [0.717, 1.165) is 43.5 Å². The smallest absolute Gasteiger partial charge is 0.252 e. The van der Waals surface area contributed by atoms with E-state index < -0.39 is 10.0 Å². The summed E-state index contributed by atoms with van der Waals surface area (Å²) in [4.78, 5) is 15.0. The second kappa shape index (κ2) is 7.51. The molecule has 1 atom stereocenters. The van der Waals surface area contributed by atoms with Crippen molar-refractivity contribution in [1.82, 2.24) is 9.21 Å². The number of likely N-dealkylation sites (tertiary alicyclic amines) is 1. The molecule has 1 unspecified atom stereocenters. The van der Waals surface area contributed by atoms with Gasteiger partial charge in [-0.3, -0.25) is 4.79 Å². The zero-order chi connectivity index (χ0) is 17.2. The minimum Gasteiger partial charge on any atom is -0.341 e. The maximum Gasteiger partial charge on any atom is 0.252 e. The molecule has 1 aromatic heterocycles. The van der Waals surface area contributed by atoms with E-state index in [2.05, 4.69) is 0 Å². The third-order valence-electron chi connectivity index (χ3n) is 4.68. The quantitative estimate of drug-likeness (QED) is 0.867. The number of nitrogens with zero attached hydrogens (tertiary/aromatic N) is 2. The van der Waals surface area contributed by atoms with Gasteiger partial charge in [-0.2, -0.15) is 4.31 Å². The fourth-order valence-corrected chi connectivity index (χ4v) is 6.34. The van der Waals surface area contributed by atoms with Crippen LogP contribution >= 0.6 is 11.3 Å². The molecule has 0 aliphatic carbocycles. The third-order valence-corrected chi connectivity index (χ3v) is 8.13. The van der Waals surface area contributed by atoms with Crippen LogP contribution in [0.2, 0.25) is 0 Å². The van der Waals surface area contributed by atoms with E-state index in [-0.39, 0.29) is 18.4 Å². The maximum absolute atomic E-state index is 12.7. The number of hydrogen-bond donors (Lipinski definition) is 1. The zero-order valence-corrected chi connectivity index (χ0v) is 15.4. The van der Waals surface area contributed by atoms with Gasteiger partial charge in [-0.05, 0) is 37.8 Å². The molecule has 0 saturated carbocycles. The molecule has 2 N–H and O–H groups in total. The van der Waals surface area contributed by atoms with Crippen LogP contribution in [0.3, 0.4) is 0 Å². The molecule has 3 rings (SSSR count). The first-order valence-electron chi connectivity index (χ1n) is 8.59. The van der Waals surface area contributed by atoms with Crippen LogP contribution in [0, 0.1) is 0 Å². The van der Waals surface area contributed by atoms with Gasteiger partial charge < -0.3 is 10.6 Å². The highest BCUT2D eigenvalue weighted by Gasteiger charge is 2.28. The molecule has 2 aliphatic rings.